The van der Waals surface area contributed by atoms with E-state index in [4.69, 9.17) is 0 Å². The van der Waals surface area contributed by atoms with Gasteiger partial charge in [0, 0.05) is 23.6 Å². The van der Waals surface area contributed by atoms with E-state index in [9.17, 15) is 0 Å². The van der Waals surface area contributed by atoms with Gasteiger partial charge in [-0.3, -0.25) is 0 Å². The van der Waals surface area contributed by atoms with Crippen molar-refractivity contribution in [3.8, 4) is 0 Å². The smallest absolute Gasteiger partial charge is 0.0483 e. The summed E-state index contributed by atoms with van der Waals surface area (Å²) < 4.78 is 2.45. The number of nitrogens with zero attached hydrogens (tertiary/aromatic N) is 1. The monoisotopic (exact) mass is 258 g/mol. The summed E-state index contributed by atoms with van der Waals surface area (Å²) >= 11 is 0. The number of para-hydroxylation sites is 1. The summed E-state index contributed by atoms with van der Waals surface area (Å²) in [4.78, 5) is 0. The maximum absolute atomic E-state index is 3.24. The van der Waals surface area contributed by atoms with Crippen molar-refractivity contribution in [2.24, 2.45) is 5.92 Å². The molecule has 1 unspecified atom stereocenters. The molecule has 0 aliphatic carbocycles. The Hall–Kier alpha value is -1.28. The minimum absolute atomic E-state index is 0.748. The van der Waals surface area contributed by atoms with Crippen molar-refractivity contribution in [2.75, 3.05) is 13.6 Å². The third-order valence-electron chi connectivity index (χ3n) is 3.81. The first-order valence-corrected chi connectivity index (χ1v) is 7.47. The molecule has 0 aliphatic rings. The normalized spacial score (nSPS) is 13.0. The Morgan fingerprint density at radius 1 is 1.26 bits per heavy atom. The first kappa shape index (κ1) is 14.1. The van der Waals surface area contributed by atoms with Crippen LogP contribution in [0, 0.1) is 5.92 Å². The first-order valence-electron chi connectivity index (χ1n) is 7.47. The molecule has 2 heteroatoms. The molecule has 0 saturated heterocycles. The summed E-state index contributed by atoms with van der Waals surface area (Å²) in [6.45, 7) is 6.79. The van der Waals surface area contributed by atoms with Gasteiger partial charge in [-0.1, -0.05) is 38.5 Å². The lowest BCUT2D eigenvalue weighted by Crippen LogP contribution is -2.10. The third-order valence-corrected chi connectivity index (χ3v) is 3.81. The van der Waals surface area contributed by atoms with Gasteiger partial charge in [0.15, 0.2) is 0 Å². The average molecular weight is 258 g/mol. The molecule has 1 heterocycles. The van der Waals surface area contributed by atoms with Gasteiger partial charge in [0.2, 0.25) is 0 Å². The summed E-state index contributed by atoms with van der Waals surface area (Å²) in [5.41, 5.74) is 2.85. The predicted molar refractivity (Wildman–Crippen MR) is 83.6 cm³/mol. The highest BCUT2D eigenvalue weighted by Crippen LogP contribution is 2.23. The SMILES string of the molecule is CCCC(C)Cn1cc(CCNC)c2ccccc21. The van der Waals surface area contributed by atoms with E-state index in [1.807, 2.05) is 7.05 Å². The van der Waals surface area contributed by atoms with Crippen LogP contribution >= 0.6 is 0 Å². The molecule has 1 aromatic heterocycles. The van der Waals surface area contributed by atoms with Gasteiger partial charge in [0.1, 0.15) is 0 Å². The number of rotatable bonds is 7. The topological polar surface area (TPSA) is 17.0 Å². The number of hydrogen-bond donors (Lipinski definition) is 1. The second-order valence-corrected chi connectivity index (χ2v) is 5.57. The second kappa shape index (κ2) is 6.76. The van der Waals surface area contributed by atoms with Gasteiger partial charge in [-0.15, -0.1) is 0 Å². The van der Waals surface area contributed by atoms with Crippen LogP contribution in [0.3, 0.4) is 0 Å². The lowest BCUT2D eigenvalue weighted by Gasteiger charge is -2.12. The molecule has 1 aromatic carbocycles. The molecule has 0 aliphatic heterocycles. The Labute approximate surface area is 116 Å². The second-order valence-electron chi connectivity index (χ2n) is 5.57. The molecule has 2 rings (SSSR count). The van der Waals surface area contributed by atoms with Crippen LogP contribution in [0.25, 0.3) is 10.9 Å². The van der Waals surface area contributed by atoms with Crippen LogP contribution in [-0.4, -0.2) is 18.2 Å². The van der Waals surface area contributed by atoms with Gasteiger partial charge >= 0.3 is 0 Å². The quantitative estimate of drug-likeness (QED) is 0.798. The highest BCUT2D eigenvalue weighted by Gasteiger charge is 2.09. The van der Waals surface area contributed by atoms with Crippen LogP contribution < -0.4 is 5.32 Å². The fourth-order valence-corrected chi connectivity index (χ4v) is 2.85. The Balaban J connectivity index is 2.27. The Kier molecular flexibility index (Phi) is 5.03. The van der Waals surface area contributed by atoms with E-state index in [0.29, 0.717) is 0 Å². The molecule has 2 nitrogen and oxygen atoms in total. The van der Waals surface area contributed by atoms with Crippen molar-refractivity contribution in [3.63, 3.8) is 0 Å². The standard InChI is InChI=1S/C17H26N2/c1-4-7-14(2)12-19-13-15(10-11-18-3)16-8-5-6-9-17(16)19/h5-6,8-9,13-14,18H,4,7,10-12H2,1-3H3. The van der Waals surface area contributed by atoms with Gasteiger partial charge < -0.3 is 9.88 Å². The van der Waals surface area contributed by atoms with Crippen molar-refractivity contribution >= 4 is 10.9 Å². The van der Waals surface area contributed by atoms with Crippen molar-refractivity contribution in [1.82, 2.24) is 9.88 Å². The van der Waals surface area contributed by atoms with Gasteiger partial charge in [-0.25, -0.2) is 0 Å². The van der Waals surface area contributed by atoms with Crippen LogP contribution in [0.4, 0.5) is 0 Å². The van der Waals surface area contributed by atoms with Crippen LogP contribution in [0.2, 0.25) is 0 Å². The third kappa shape index (κ3) is 3.38. The zero-order chi connectivity index (χ0) is 13.7. The maximum Gasteiger partial charge on any atom is 0.0483 e. The minimum atomic E-state index is 0.748. The fourth-order valence-electron chi connectivity index (χ4n) is 2.85. The molecule has 0 spiro atoms. The van der Waals surface area contributed by atoms with Crippen LogP contribution in [0.15, 0.2) is 30.5 Å². The predicted octanol–water partition coefficient (Wildman–Crippen LogP) is 3.84. The lowest BCUT2D eigenvalue weighted by atomic mass is 10.1. The van der Waals surface area contributed by atoms with Crippen molar-refractivity contribution < 1.29 is 0 Å². The molecule has 2 aromatic rings. The van der Waals surface area contributed by atoms with Gasteiger partial charge in [0.05, 0.1) is 0 Å². The highest BCUT2D eigenvalue weighted by molar-refractivity contribution is 5.84. The fraction of sp³-hybridized carbons (Fsp3) is 0.529. The molecule has 0 amide bonds. The molecular formula is C17H26N2. The summed E-state index contributed by atoms with van der Waals surface area (Å²) in [5.74, 6) is 0.748. The van der Waals surface area contributed by atoms with Gasteiger partial charge in [-0.05, 0) is 44.0 Å². The number of likely N-dealkylation sites (N-methyl/N-ethyl adjacent to an activating group) is 1. The van der Waals surface area contributed by atoms with E-state index < -0.39 is 0 Å². The minimum Gasteiger partial charge on any atom is -0.347 e. The van der Waals surface area contributed by atoms with Crippen LogP contribution in [0.1, 0.15) is 32.3 Å². The van der Waals surface area contributed by atoms with Crippen molar-refractivity contribution in [1.29, 1.82) is 0 Å². The summed E-state index contributed by atoms with van der Waals surface area (Å²) in [6.07, 6.45) is 6.03. The molecule has 104 valence electrons. The Morgan fingerprint density at radius 2 is 2.05 bits per heavy atom. The number of aromatic nitrogens is 1. The Bertz CT molecular complexity index is 513. The average Bonchev–Trinajstić information content (AvgIpc) is 2.75. The highest BCUT2D eigenvalue weighted by atomic mass is 15.0. The summed E-state index contributed by atoms with van der Waals surface area (Å²) in [7, 11) is 2.02. The van der Waals surface area contributed by atoms with Crippen molar-refractivity contribution in [2.45, 2.75) is 39.7 Å². The van der Waals surface area contributed by atoms with Crippen LogP contribution in [0.5, 0.6) is 0 Å². The number of hydrogen-bond acceptors (Lipinski definition) is 1. The largest absolute Gasteiger partial charge is 0.347 e. The first-order chi connectivity index (χ1) is 9.26. The lowest BCUT2D eigenvalue weighted by molar-refractivity contribution is 0.453. The number of nitrogens with one attached hydrogen (secondary N) is 1. The van der Waals surface area contributed by atoms with Gasteiger partial charge in [-0.2, -0.15) is 0 Å². The zero-order valence-corrected chi connectivity index (χ0v) is 12.4. The van der Waals surface area contributed by atoms with E-state index in [0.717, 1.165) is 25.4 Å². The molecule has 0 radical (unpaired) electrons. The van der Waals surface area contributed by atoms with E-state index >= 15 is 0 Å². The molecule has 1 atom stereocenters. The van der Waals surface area contributed by atoms with E-state index in [1.165, 1.54) is 29.3 Å². The van der Waals surface area contributed by atoms with E-state index in [1.54, 1.807) is 0 Å². The summed E-state index contributed by atoms with van der Waals surface area (Å²) in [5, 5.41) is 4.66. The van der Waals surface area contributed by atoms with E-state index in [2.05, 4.69) is 54.2 Å². The van der Waals surface area contributed by atoms with Crippen LogP contribution in [-0.2, 0) is 13.0 Å². The maximum atomic E-state index is 3.24. The number of benzene rings is 1. The molecule has 0 fully saturated rings. The molecule has 19 heavy (non-hydrogen) atoms. The zero-order valence-electron chi connectivity index (χ0n) is 12.4. The summed E-state index contributed by atoms with van der Waals surface area (Å²) in [6, 6.07) is 8.79. The van der Waals surface area contributed by atoms with Gasteiger partial charge in [0.25, 0.3) is 0 Å². The Morgan fingerprint density at radius 3 is 2.79 bits per heavy atom. The molecule has 1 N–H and O–H groups in total. The van der Waals surface area contributed by atoms with Crippen molar-refractivity contribution in [3.05, 3.63) is 36.0 Å². The van der Waals surface area contributed by atoms with E-state index in [-0.39, 0.29) is 0 Å². The molecule has 0 bridgehead atoms. The molecule has 0 saturated carbocycles. The number of fused-ring (bicyclic) bond motifs is 1. The molecular weight excluding hydrogens is 232 g/mol.